The lowest BCUT2D eigenvalue weighted by molar-refractivity contribution is -0.118. The number of amides is 1. The van der Waals surface area contributed by atoms with E-state index in [4.69, 9.17) is 0 Å². The fourth-order valence-corrected chi connectivity index (χ4v) is 1.26. The molecule has 1 amide bonds. The summed E-state index contributed by atoms with van der Waals surface area (Å²) in [5.41, 5.74) is 2.29. The molecule has 0 atom stereocenters. The van der Waals surface area contributed by atoms with Crippen molar-refractivity contribution in [2.75, 3.05) is 6.54 Å². The molecule has 15 heavy (non-hydrogen) atoms. The fraction of sp³-hybridized carbons (Fsp3) is 0.308. The molecule has 1 aromatic rings. The number of carbonyl (C=O) groups is 1. The summed E-state index contributed by atoms with van der Waals surface area (Å²) in [5.74, 6) is 5.93. The summed E-state index contributed by atoms with van der Waals surface area (Å²) < 4.78 is 0. The molecule has 0 radical (unpaired) electrons. The van der Waals surface area contributed by atoms with Gasteiger partial charge in [-0.15, -0.1) is 0 Å². The summed E-state index contributed by atoms with van der Waals surface area (Å²) in [6, 6.07) is 8.06. The van der Waals surface area contributed by atoms with Crippen LogP contribution in [0.15, 0.2) is 24.3 Å². The van der Waals surface area contributed by atoms with Crippen LogP contribution >= 0.6 is 0 Å². The molecule has 78 valence electrons. The molecule has 1 aromatic carbocycles. The molecule has 0 aliphatic rings. The summed E-state index contributed by atoms with van der Waals surface area (Å²) in [6.07, 6.45) is 0.977. The number of carbonyl (C=O) groups excluding carboxylic acids is 1. The first-order valence-electron chi connectivity index (χ1n) is 5.05. The summed E-state index contributed by atoms with van der Waals surface area (Å²) in [6.45, 7) is 4.00. The minimum Gasteiger partial charge on any atom is -0.345 e. The molecule has 1 N–H and O–H groups in total. The van der Waals surface area contributed by atoms with E-state index in [1.165, 1.54) is 12.5 Å². The zero-order valence-corrected chi connectivity index (χ0v) is 9.13. The van der Waals surface area contributed by atoms with Crippen molar-refractivity contribution in [2.24, 2.45) is 0 Å². The predicted molar refractivity (Wildman–Crippen MR) is 61.4 cm³/mol. The summed E-state index contributed by atoms with van der Waals surface area (Å²) >= 11 is 0. The third-order valence-corrected chi connectivity index (χ3v) is 2.05. The molecule has 0 spiro atoms. The largest absolute Gasteiger partial charge is 0.345 e. The van der Waals surface area contributed by atoms with Crippen LogP contribution < -0.4 is 5.32 Å². The molecule has 2 heteroatoms. The second kappa shape index (κ2) is 5.87. The molecule has 0 bridgehead atoms. The topological polar surface area (TPSA) is 29.1 Å². The van der Waals surface area contributed by atoms with E-state index in [-0.39, 0.29) is 5.91 Å². The predicted octanol–water partition coefficient (Wildman–Crippen LogP) is 1.74. The fourth-order valence-electron chi connectivity index (χ4n) is 1.26. The van der Waals surface area contributed by atoms with Crippen LogP contribution in [0.3, 0.4) is 0 Å². The van der Waals surface area contributed by atoms with Crippen LogP contribution in [0.1, 0.15) is 25.0 Å². The summed E-state index contributed by atoms with van der Waals surface area (Å²) in [7, 11) is 0. The zero-order chi connectivity index (χ0) is 11.1. The lowest BCUT2D eigenvalue weighted by atomic mass is 10.1. The normalized spacial score (nSPS) is 8.93. The van der Waals surface area contributed by atoms with Crippen molar-refractivity contribution in [2.45, 2.75) is 20.3 Å². The molecule has 0 fully saturated rings. The van der Waals surface area contributed by atoms with Gasteiger partial charge >= 0.3 is 0 Å². The zero-order valence-electron chi connectivity index (χ0n) is 9.13. The maximum atomic E-state index is 10.6. The second-order valence-corrected chi connectivity index (χ2v) is 3.22. The highest BCUT2D eigenvalue weighted by atomic mass is 16.1. The van der Waals surface area contributed by atoms with Crippen molar-refractivity contribution in [1.82, 2.24) is 5.32 Å². The molecule has 0 aliphatic carbocycles. The van der Waals surface area contributed by atoms with E-state index in [1.54, 1.807) is 0 Å². The molecule has 1 rings (SSSR count). The van der Waals surface area contributed by atoms with Crippen LogP contribution in [0.2, 0.25) is 0 Å². The summed E-state index contributed by atoms with van der Waals surface area (Å²) in [5, 5.41) is 2.64. The van der Waals surface area contributed by atoms with Gasteiger partial charge in [0.05, 0.1) is 6.54 Å². The maximum Gasteiger partial charge on any atom is 0.217 e. The molecule has 2 nitrogen and oxygen atoms in total. The van der Waals surface area contributed by atoms with Crippen molar-refractivity contribution >= 4 is 5.91 Å². The van der Waals surface area contributed by atoms with Crippen molar-refractivity contribution in [1.29, 1.82) is 0 Å². The number of nitrogens with one attached hydrogen (secondary N) is 1. The number of rotatable bonds is 2. The molecule has 0 saturated carbocycles. The van der Waals surface area contributed by atoms with Crippen molar-refractivity contribution < 1.29 is 4.79 Å². The van der Waals surface area contributed by atoms with Gasteiger partial charge in [-0.1, -0.05) is 37.0 Å². The van der Waals surface area contributed by atoms with Crippen LogP contribution in [0.25, 0.3) is 0 Å². The number of aryl methyl sites for hydroxylation is 1. The Hall–Kier alpha value is -1.75. The molecular weight excluding hydrogens is 186 g/mol. The van der Waals surface area contributed by atoms with Gasteiger partial charge in [-0.2, -0.15) is 0 Å². The monoisotopic (exact) mass is 201 g/mol. The van der Waals surface area contributed by atoms with Gasteiger partial charge < -0.3 is 5.32 Å². The minimum absolute atomic E-state index is 0.0481. The highest BCUT2D eigenvalue weighted by molar-refractivity contribution is 5.73. The van der Waals surface area contributed by atoms with Gasteiger partial charge in [-0.25, -0.2) is 0 Å². The first-order valence-corrected chi connectivity index (χ1v) is 5.05. The van der Waals surface area contributed by atoms with E-state index in [0.717, 1.165) is 12.0 Å². The maximum absolute atomic E-state index is 10.6. The number of benzene rings is 1. The highest BCUT2D eigenvalue weighted by Gasteiger charge is 1.94. The van der Waals surface area contributed by atoms with Gasteiger partial charge in [-0.3, -0.25) is 4.79 Å². The van der Waals surface area contributed by atoms with Gasteiger partial charge in [-0.05, 0) is 18.1 Å². The van der Waals surface area contributed by atoms with Crippen molar-refractivity contribution in [3.05, 3.63) is 35.4 Å². The van der Waals surface area contributed by atoms with Crippen LogP contribution in [-0.4, -0.2) is 12.5 Å². The standard InChI is InChI=1S/C13H15NO/c1-3-12-7-4-5-8-13(12)9-6-10-14-11(2)15/h4-5,7-8H,3,10H2,1-2H3,(H,14,15). The third-order valence-electron chi connectivity index (χ3n) is 2.05. The Kier molecular flexibility index (Phi) is 4.43. The average molecular weight is 201 g/mol. The van der Waals surface area contributed by atoms with Gasteiger partial charge in [0.2, 0.25) is 5.91 Å². The molecule has 0 saturated heterocycles. The van der Waals surface area contributed by atoms with E-state index in [1.807, 2.05) is 18.2 Å². The first-order chi connectivity index (χ1) is 7.24. The Morgan fingerprint density at radius 2 is 2.13 bits per heavy atom. The van der Waals surface area contributed by atoms with Crippen molar-refractivity contribution in [3.8, 4) is 11.8 Å². The Labute approximate surface area is 90.7 Å². The van der Waals surface area contributed by atoms with Crippen molar-refractivity contribution in [3.63, 3.8) is 0 Å². The molecule has 0 unspecified atom stereocenters. The Balaban J connectivity index is 2.66. The Morgan fingerprint density at radius 3 is 2.80 bits per heavy atom. The minimum atomic E-state index is -0.0481. The van der Waals surface area contributed by atoms with Crippen LogP contribution in [-0.2, 0) is 11.2 Å². The molecule has 0 aromatic heterocycles. The summed E-state index contributed by atoms with van der Waals surface area (Å²) in [4.78, 5) is 10.6. The van der Waals surface area contributed by atoms with E-state index < -0.39 is 0 Å². The van der Waals surface area contributed by atoms with Gasteiger partial charge in [0.25, 0.3) is 0 Å². The lowest BCUT2D eigenvalue weighted by Gasteiger charge is -1.99. The van der Waals surface area contributed by atoms with E-state index in [2.05, 4.69) is 30.1 Å². The lowest BCUT2D eigenvalue weighted by Crippen LogP contribution is -2.19. The quantitative estimate of drug-likeness (QED) is 0.725. The molecular formula is C13H15NO. The van der Waals surface area contributed by atoms with Crippen LogP contribution in [0, 0.1) is 11.8 Å². The third kappa shape index (κ3) is 3.86. The van der Waals surface area contributed by atoms with Crippen LogP contribution in [0.5, 0.6) is 0 Å². The van der Waals surface area contributed by atoms with E-state index in [0.29, 0.717) is 6.54 Å². The number of hydrogen-bond donors (Lipinski definition) is 1. The SMILES string of the molecule is CCc1ccccc1C#CCNC(C)=O. The molecule has 0 aliphatic heterocycles. The van der Waals surface area contributed by atoms with E-state index in [9.17, 15) is 4.79 Å². The second-order valence-electron chi connectivity index (χ2n) is 3.22. The van der Waals surface area contributed by atoms with Crippen LogP contribution in [0.4, 0.5) is 0 Å². The highest BCUT2D eigenvalue weighted by Crippen LogP contribution is 2.07. The smallest absolute Gasteiger partial charge is 0.217 e. The average Bonchev–Trinajstić information content (AvgIpc) is 2.24. The van der Waals surface area contributed by atoms with Gasteiger partial charge in [0.15, 0.2) is 0 Å². The first kappa shape index (κ1) is 11.3. The number of hydrogen-bond acceptors (Lipinski definition) is 1. The Bertz CT molecular complexity index is 398. The Morgan fingerprint density at radius 1 is 1.40 bits per heavy atom. The van der Waals surface area contributed by atoms with Gasteiger partial charge in [0.1, 0.15) is 0 Å². The van der Waals surface area contributed by atoms with Gasteiger partial charge in [0, 0.05) is 12.5 Å². The molecule has 0 heterocycles. The van der Waals surface area contributed by atoms with E-state index >= 15 is 0 Å².